The van der Waals surface area contributed by atoms with Gasteiger partial charge in [0.1, 0.15) is 5.84 Å². The summed E-state index contributed by atoms with van der Waals surface area (Å²) in [4.78, 5) is 16.5. The number of carbonyl (C=O) groups is 1. The van der Waals surface area contributed by atoms with E-state index in [1.165, 1.54) is 7.11 Å². The Labute approximate surface area is 128 Å². The van der Waals surface area contributed by atoms with Crippen molar-refractivity contribution in [2.75, 3.05) is 25.9 Å². The van der Waals surface area contributed by atoms with Crippen LogP contribution in [0.15, 0.2) is 11.1 Å². The van der Waals surface area contributed by atoms with E-state index in [2.05, 4.69) is 15.6 Å². The number of nitrogens with zero attached hydrogens (tertiary/aromatic N) is 1. The van der Waals surface area contributed by atoms with E-state index in [1.807, 2.05) is 13.8 Å². The number of amides is 1. The molecule has 21 heavy (non-hydrogen) atoms. The summed E-state index contributed by atoms with van der Waals surface area (Å²) in [5.41, 5.74) is 7.34. The molecule has 0 aliphatic carbocycles. The predicted octanol–water partition coefficient (Wildman–Crippen LogP) is 1.42. The third kappa shape index (κ3) is 3.05. The van der Waals surface area contributed by atoms with Crippen LogP contribution in [0.25, 0.3) is 0 Å². The molecular weight excluding hydrogens is 292 g/mol. The number of hydrogen-bond donors (Lipinski definition) is 3. The molecule has 1 aromatic rings. The standard InChI is InChI=1S/C14H19ClN4O2/c1-7(2)19-14(20)8-6-9(15)10(11(16)12(8)21-3)13-17-4-5-18-13/h6-7H,4-5,16H2,1-3H3,(H,17,18)(H,19,20). The van der Waals surface area contributed by atoms with Crippen LogP contribution in [0.3, 0.4) is 0 Å². The predicted molar refractivity (Wildman–Crippen MR) is 84.4 cm³/mol. The van der Waals surface area contributed by atoms with E-state index in [0.717, 1.165) is 6.54 Å². The van der Waals surface area contributed by atoms with Crippen LogP contribution in [0.5, 0.6) is 5.75 Å². The number of halogens is 1. The highest BCUT2D eigenvalue weighted by Gasteiger charge is 2.24. The third-order valence-corrected chi connectivity index (χ3v) is 3.35. The molecule has 0 aromatic heterocycles. The first-order valence-corrected chi connectivity index (χ1v) is 7.09. The van der Waals surface area contributed by atoms with E-state index < -0.39 is 0 Å². The largest absolute Gasteiger partial charge is 0.494 e. The number of hydrogen-bond acceptors (Lipinski definition) is 5. The number of nitrogens with one attached hydrogen (secondary N) is 2. The zero-order valence-corrected chi connectivity index (χ0v) is 13.0. The molecule has 0 bridgehead atoms. The lowest BCUT2D eigenvalue weighted by molar-refractivity contribution is 0.0940. The van der Waals surface area contributed by atoms with Crippen molar-refractivity contribution in [3.63, 3.8) is 0 Å². The van der Waals surface area contributed by atoms with Gasteiger partial charge in [-0.1, -0.05) is 11.6 Å². The SMILES string of the molecule is COc1c(C(=O)NC(C)C)cc(Cl)c(C2=NCCN2)c1N. The quantitative estimate of drug-likeness (QED) is 0.734. The van der Waals surface area contributed by atoms with Gasteiger partial charge in [0.25, 0.3) is 5.91 Å². The Morgan fingerprint density at radius 3 is 2.81 bits per heavy atom. The van der Waals surface area contributed by atoms with Gasteiger partial charge >= 0.3 is 0 Å². The summed E-state index contributed by atoms with van der Waals surface area (Å²) in [6, 6.07) is 1.56. The van der Waals surface area contributed by atoms with E-state index >= 15 is 0 Å². The molecule has 1 aliphatic rings. The summed E-state index contributed by atoms with van der Waals surface area (Å²) < 4.78 is 5.31. The minimum Gasteiger partial charge on any atom is -0.494 e. The maximum absolute atomic E-state index is 12.2. The van der Waals surface area contributed by atoms with Gasteiger partial charge in [-0.25, -0.2) is 0 Å². The maximum atomic E-state index is 12.2. The smallest absolute Gasteiger partial charge is 0.255 e. The molecule has 1 amide bonds. The van der Waals surface area contributed by atoms with Crippen LogP contribution in [0, 0.1) is 0 Å². The number of ether oxygens (including phenoxy) is 1. The number of anilines is 1. The molecule has 0 saturated carbocycles. The van der Waals surface area contributed by atoms with E-state index in [4.69, 9.17) is 22.1 Å². The average Bonchev–Trinajstić information content (AvgIpc) is 2.91. The second kappa shape index (κ2) is 6.22. The minimum absolute atomic E-state index is 0.00255. The molecule has 2 rings (SSSR count). The number of methoxy groups -OCH3 is 1. The number of aliphatic imine (C=N–C) groups is 1. The average molecular weight is 311 g/mol. The van der Waals surface area contributed by atoms with Crippen LogP contribution in [0.1, 0.15) is 29.8 Å². The fourth-order valence-electron chi connectivity index (χ4n) is 2.19. The van der Waals surface area contributed by atoms with Crippen molar-refractivity contribution in [3.05, 3.63) is 22.2 Å². The third-order valence-electron chi connectivity index (χ3n) is 3.05. The molecule has 0 fully saturated rings. The second-order valence-corrected chi connectivity index (χ2v) is 5.42. The molecule has 0 radical (unpaired) electrons. The monoisotopic (exact) mass is 310 g/mol. The number of benzene rings is 1. The van der Waals surface area contributed by atoms with Gasteiger partial charge in [0, 0.05) is 12.6 Å². The summed E-state index contributed by atoms with van der Waals surface area (Å²) in [6.45, 7) is 5.16. The Hall–Kier alpha value is -1.95. The van der Waals surface area contributed by atoms with Crippen LogP contribution in [0.4, 0.5) is 5.69 Å². The Bertz CT molecular complexity index is 599. The lowest BCUT2D eigenvalue weighted by Crippen LogP contribution is -2.31. The van der Waals surface area contributed by atoms with Crippen LogP contribution in [-0.4, -0.2) is 38.0 Å². The highest BCUT2D eigenvalue weighted by atomic mass is 35.5. The highest BCUT2D eigenvalue weighted by molar-refractivity contribution is 6.35. The summed E-state index contributed by atoms with van der Waals surface area (Å²) >= 11 is 6.29. The zero-order valence-electron chi connectivity index (χ0n) is 12.3. The molecule has 114 valence electrons. The molecule has 0 unspecified atom stereocenters. The van der Waals surface area contributed by atoms with E-state index in [9.17, 15) is 4.79 Å². The summed E-state index contributed by atoms with van der Waals surface area (Å²) in [5, 5.41) is 6.29. The fourth-order valence-corrected chi connectivity index (χ4v) is 2.49. The first-order valence-electron chi connectivity index (χ1n) is 6.71. The minimum atomic E-state index is -0.275. The Morgan fingerprint density at radius 1 is 1.57 bits per heavy atom. The first kappa shape index (κ1) is 15.4. The van der Waals surface area contributed by atoms with E-state index in [0.29, 0.717) is 40.0 Å². The highest BCUT2D eigenvalue weighted by Crippen LogP contribution is 2.35. The molecule has 0 atom stereocenters. The van der Waals surface area contributed by atoms with E-state index in [1.54, 1.807) is 6.07 Å². The first-order chi connectivity index (χ1) is 9.95. The molecule has 0 saturated heterocycles. The molecule has 6 nitrogen and oxygen atoms in total. The van der Waals surface area contributed by atoms with Crippen molar-refractivity contribution in [1.82, 2.24) is 10.6 Å². The Balaban J connectivity index is 2.52. The van der Waals surface area contributed by atoms with Crippen LogP contribution in [0.2, 0.25) is 5.02 Å². The summed E-state index contributed by atoms with van der Waals surface area (Å²) in [5.74, 6) is 0.666. The molecule has 1 aromatic carbocycles. The van der Waals surface area contributed by atoms with Crippen LogP contribution >= 0.6 is 11.6 Å². The van der Waals surface area contributed by atoms with Gasteiger partial charge in [-0.2, -0.15) is 0 Å². The zero-order chi connectivity index (χ0) is 15.6. The molecule has 0 spiro atoms. The van der Waals surface area contributed by atoms with Gasteiger partial charge in [-0.3, -0.25) is 9.79 Å². The van der Waals surface area contributed by atoms with Gasteiger partial charge in [-0.15, -0.1) is 0 Å². The Morgan fingerprint density at radius 2 is 2.29 bits per heavy atom. The summed E-state index contributed by atoms with van der Waals surface area (Å²) in [6.07, 6.45) is 0. The van der Waals surface area contributed by atoms with Gasteiger partial charge < -0.3 is 21.1 Å². The van der Waals surface area contributed by atoms with Gasteiger partial charge in [0.15, 0.2) is 5.75 Å². The lowest BCUT2D eigenvalue weighted by atomic mass is 10.1. The number of rotatable bonds is 4. The van der Waals surface area contributed by atoms with Gasteiger partial charge in [0.2, 0.25) is 0 Å². The topological polar surface area (TPSA) is 88.7 Å². The van der Waals surface area contributed by atoms with Crippen molar-refractivity contribution in [1.29, 1.82) is 0 Å². The number of nitrogen functional groups attached to an aromatic ring is 1. The number of amidine groups is 1. The normalized spacial score (nSPS) is 13.9. The van der Waals surface area contributed by atoms with Crippen molar-refractivity contribution < 1.29 is 9.53 Å². The molecule has 1 heterocycles. The second-order valence-electron chi connectivity index (χ2n) is 5.01. The van der Waals surface area contributed by atoms with Crippen molar-refractivity contribution in [2.24, 2.45) is 4.99 Å². The van der Waals surface area contributed by atoms with Crippen molar-refractivity contribution in [2.45, 2.75) is 19.9 Å². The molecule has 7 heteroatoms. The van der Waals surface area contributed by atoms with Crippen LogP contribution < -0.4 is 21.1 Å². The van der Waals surface area contributed by atoms with Gasteiger partial charge in [0.05, 0.1) is 35.5 Å². The number of nitrogens with two attached hydrogens (primary N) is 1. The molecule has 4 N–H and O–H groups in total. The van der Waals surface area contributed by atoms with Crippen molar-refractivity contribution >= 4 is 29.0 Å². The van der Waals surface area contributed by atoms with Crippen LogP contribution in [-0.2, 0) is 0 Å². The van der Waals surface area contributed by atoms with E-state index in [-0.39, 0.29) is 11.9 Å². The maximum Gasteiger partial charge on any atom is 0.255 e. The van der Waals surface area contributed by atoms with Crippen molar-refractivity contribution in [3.8, 4) is 5.75 Å². The van der Waals surface area contributed by atoms with Gasteiger partial charge in [-0.05, 0) is 19.9 Å². The lowest BCUT2D eigenvalue weighted by Gasteiger charge is -2.17. The molecule has 1 aliphatic heterocycles. The summed E-state index contributed by atoms with van der Waals surface area (Å²) in [7, 11) is 1.47. The molecular formula is C14H19ClN4O2. The number of carbonyl (C=O) groups excluding carboxylic acids is 1. The fraction of sp³-hybridized carbons (Fsp3) is 0.429. The Kier molecular flexibility index (Phi) is 4.57.